The largest absolute Gasteiger partial charge is 0.360 e. The maximum Gasteiger partial charge on any atom is 0.245 e. The second-order valence-electron chi connectivity index (χ2n) is 7.63. The molecule has 0 radical (unpaired) electrons. The van der Waals surface area contributed by atoms with Gasteiger partial charge in [-0.2, -0.15) is 4.31 Å². The Balaban J connectivity index is 1.87. The molecule has 0 saturated carbocycles. The molecule has 1 saturated heterocycles. The molecule has 2 aromatic rings. The lowest BCUT2D eigenvalue weighted by atomic mass is 10.1. The highest BCUT2D eigenvalue weighted by Gasteiger charge is 2.43. The van der Waals surface area contributed by atoms with Gasteiger partial charge in [-0.05, 0) is 38.0 Å². The minimum Gasteiger partial charge on any atom is -0.360 e. The van der Waals surface area contributed by atoms with Crippen LogP contribution in [0.4, 0.5) is 0 Å². The van der Waals surface area contributed by atoms with Gasteiger partial charge in [0.2, 0.25) is 10.0 Å². The molecule has 1 heterocycles. The maximum absolute atomic E-state index is 13.5. The van der Waals surface area contributed by atoms with Crippen LogP contribution in [0.25, 0.3) is 0 Å². The summed E-state index contributed by atoms with van der Waals surface area (Å²) in [6.45, 7) is 7.83. The fourth-order valence-electron chi connectivity index (χ4n) is 3.41. The molecule has 0 bridgehead atoms. The molecular formula is C23H29NO5S. The van der Waals surface area contributed by atoms with Crippen LogP contribution >= 0.6 is 0 Å². The lowest BCUT2D eigenvalue weighted by Crippen LogP contribution is -2.57. The van der Waals surface area contributed by atoms with E-state index in [1.165, 1.54) is 4.31 Å². The van der Waals surface area contributed by atoms with Crippen molar-refractivity contribution in [3.8, 4) is 0 Å². The van der Waals surface area contributed by atoms with Crippen molar-refractivity contribution < 1.29 is 22.6 Å². The summed E-state index contributed by atoms with van der Waals surface area (Å²) in [5.41, 5.74) is 0.967. The van der Waals surface area contributed by atoms with Crippen LogP contribution in [-0.2, 0) is 30.8 Å². The number of ether oxygens (including phenoxy) is 3. The van der Waals surface area contributed by atoms with Gasteiger partial charge in [0.1, 0.15) is 6.73 Å². The van der Waals surface area contributed by atoms with Gasteiger partial charge in [-0.15, -0.1) is 6.58 Å². The highest BCUT2D eigenvalue weighted by molar-refractivity contribution is 7.89. The number of rotatable bonds is 9. The van der Waals surface area contributed by atoms with Gasteiger partial charge in [0, 0.05) is 0 Å². The maximum atomic E-state index is 13.5. The molecule has 162 valence electrons. The van der Waals surface area contributed by atoms with Gasteiger partial charge in [0.25, 0.3) is 0 Å². The number of hydrogen-bond acceptors (Lipinski definition) is 5. The molecule has 0 aromatic heterocycles. The van der Waals surface area contributed by atoms with Crippen LogP contribution in [0.15, 0.2) is 78.2 Å². The summed E-state index contributed by atoms with van der Waals surface area (Å²) in [7, 11) is -3.83. The first-order valence-corrected chi connectivity index (χ1v) is 11.4. The monoisotopic (exact) mass is 431 g/mol. The summed E-state index contributed by atoms with van der Waals surface area (Å²) in [5, 5.41) is 0. The van der Waals surface area contributed by atoms with E-state index in [-0.39, 0.29) is 18.2 Å². The zero-order valence-electron chi connectivity index (χ0n) is 17.4. The van der Waals surface area contributed by atoms with Gasteiger partial charge < -0.3 is 14.2 Å². The molecule has 1 fully saturated rings. The molecule has 3 rings (SSSR count). The Bertz CT molecular complexity index is 915. The van der Waals surface area contributed by atoms with E-state index in [0.29, 0.717) is 13.0 Å². The van der Waals surface area contributed by atoms with E-state index < -0.39 is 28.0 Å². The van der Waals surface area contributed by atoms with E-state index in [1.54, 1.807) is 36.4 Å². The summed E-state index contributed by atoms with van der Waals surface area (Å²) in [5.74, 6) is -0.794. The van der Waals surface area contributed by atoms with Crippen molar-refractivity contribution in [3.63, 3.8) is 0 Å². The lowest BCUT2D eigenvalue weighted by molar-refractivity contribution is -0.290. The predicted octanol–water partition coefficient (Wildman–Crippen LogP) is 3.95. The van der Waals surface area contributed by atoms with Crippen molar-refractivity contribution in [2.75, 3.05) is 13.3 Å². The molecular weight excluding hydrogens is 402 g/mol. The van der Waals surface area contributed by atoms with Crippen LogP contribution in [0.3, 0.4) is 0 Å². The molecule has 0 N–H and O–H groups in total. The quantitative estimate of drug-likeness (QED) is 0.444. The lowest BCUT2D eigenvalue weighted by Gasteiger charge is -2.44. The predicted molar refractivity (Wildman–Crippen MR) is 115 cm³/mol. The van der Waals surface area contributed by atoms with E-state index in [2.05, 4.69) is 6.58 Å². The van der Waals surface area contributed by atoms with Crippen molar-refractivity contribution in [1.29, 1.82) is 0 Å². The summed E-state index contributed by atoms with van der Waals surface area (Å²) in [6.07, 6.45) is 1.83. The van der Waals surface area contributed by atoms with E-state index in [9.17, 15) is 8.42 Å². The third-order valence-corrected chi connectivity index (χ3v) is 6.78. The van der Waals surface area contributed by atoms with Crippen LogP contribution in [-0.4, -0.2) is 44.0 Å². The van der Waals surface area contributed by atoms with E-state index in [0.717, 1.165) is 5.56 Å². The Morgan fingerprint density at radius 3 is 2.40 bits per heavy atom. The first-order chi connectivity index (χ1) is 14.3. The van der Waals surface area contributed by atoms with Crippen molar-refractivity contribution in [2.45, 2.75) is 49.7 Å². The Morgan fingerprint density at radius 1 is 1.13 bits per heavy atom. The molecule has 30 heavy (non-hydrogen) atoms. The van der Waals surface area contributed by atoms with Crippen molar-refractivity contribution in [1.82, 2.24) is 4.31 Å². The van der Waals surface area contributed by atoms with Crippen LogP contribution in [0.1, 0.15) is 25.8 Å². The van der Waals surface area contributed by atoms with Crippen molar-refractivity contribution in [2.24, 2.45) is 0 Å². The summed E-state index contributed by atoms with van der Waals surface area (Å²) >= 11 is 0. The second-order valence-corrected chi connectivity index (χ2v) is 9.52. The second kappa shape index (κ2) is 9.85. The number of nitrogens with zero attached hydrogens (tertiary/aromatic N) is 1. The molecule has 0 spiro atoms. The van der Waals surface area contributed by atoms with Gasteiger partial charge in [-0.1, -0.05) is 54.6 Å². The minimum atomic E-state index is -3.83. The average molecular weight is 432 g/mol. The van der Waals surface area contributed by atoms with E-state index >= 15 is 0 Å². The Labute approximate surface area is 179 Å². The smallest absolute Gasteiger partial charge is 0.245 e. The normalized spacial score (nSPS) is 21.4. The zero-order chi connectivity index (χ0) is 21.6. The topological polar surface area (TPSA) is 65.1 Å². The van der Waals surface area contributed by atoms with Crippen LogP contribution in [0.5, 0.6) is 0 Å². The summed E-state index contributed by atoms with van der Waals surface area (Å²) < 4.78 is 46.0. The molecule has 1 aliphatic rings. The van der Waals surface area contributed by atoms with E-state index in [4.69, 9.17) is 14.2 Å². The first kappa shape index (κ1) is 22.7. The van der Waals surface area contributed by atoms with Crippen molar-refractivity contribution in [3.05, 3.63) is 78.9 Å². The number of hydrogen-bond donors (Lipinski definition) is 0. The van der Waals surface area contributed by atoms with Crippen LogP contribution in [0.2, 0.25) is 0 Å². The molecule has 7 heteroatoms. The molecule has 2 aromatic carbocycles. The third kappa shape index (κ3) is 5.56. The summed E-state index contributed by atoms with van der Waals surface area (Å²) in [6, 6.07) is 17.4. The van der Waals surface area contributed by atoms with Gasteiger partial charge in [-0.3, -0.25) is 0 Å². The third-order valence-electron chi connectivity index (χ3n) is 4.91. The van der Waals surface area contributed by atoms with Gasteiger partial charge in [-0.25, -0.2) is 8.42 Å². The average Bonchev–Trinajstić information content (AvgIpc) is 2.73. The van der Waals surface area contributed by atoms with Crippen LogP contribution < -0.4 is 0 Å². The molecule has 1 aliphatic heterocycles. The molecule has 2 atom stereocenters. The molecule has 0 unspecified atom stereocenters. The standard InChI is InChI=1S/C23H29NO5S/c1-4-11-22-21(17-28-23(2,3)29-22)24(18-27-16-19-12-7-5-8-13-19)30(25,26)20-14-9-6-10-15-20/h4-10,12-15,21-22H,1,11,16-18H2,2-3H3/t21-,22-/m0/s1. The van der Waals surface area contributed by atoms with Crippen molar-refractivity contribution >= 4 is 10.0 Å². The number of benzene rings is 2. The molecule has 6 nitrogen and oxygen atoms in total. The first-order valence-electron chi connectivity index (χ1n) is 9.95. The Morgan fingerprint density at radius 2 is 1.77 bits per heavy atom. The fraction of sp³-hybridized carbons (Fsp3) is 0.391. The number of sulfonamides is 1. The van der Waals surface area contributed by atoms with Gasteiger partial charge in [0.05, 0.1) is 30.3 Å². The minimum absolute atomic E-state index is 0.114. The van der Waals surface area contributed by atoms with Gasteiger partial charge >= 0.3 is 0 Å². The SMILES string of the molecule is C=CC[C@@H]1OC(C)(C)OC[C@@H]1N(COCc1ccccc1)S(=O)(=O)c1ccccc1. The summed E-state index contributed by atoms with van der Waals surface area (Å²) in [4.78, 5) is 0.204. The Kier molecular flexibility index (Phi) is 7.44. The van der Waals surface area contributed by atoms with Crippen LogP contribution in [0, 0.1) is 0 Å². The molecule has 0 aliphatic carbocycles. The zero-order valence-corrected chi connectivity index (χ0v) is 18.3. The highest BCUT2D eigenvalue weighted by Crippen LogP contribution is 2.30. The van der Waals surface area contributed by atoms with E-state index in [1.807, 2.05) is 44.2 Å². The molecule has 0 amide bonds. The van der Waals surface area contributed by atoms with Gasteiger partial charge in [0.15, 0.2) is 5.79 Å². The Hall–Kier alpha value is -2.03. The highest BCUT2D eigenvalue weighted by atomic mass is 32.2. The fourth-order valence-corrected chi connectivity index (χ4v) is 4.95.